The van der Waals surface area contributed by atoms with E-state index in [9.17, 15) is 9.36 Å². The molecule has 0 aromatic rings. The van der Waals surface area contributed by atoms with Gasteiger partial charge in [-0.05, 0) is 13.0 Å². The van der Waals surface area contributed by atoms with Crippen molar-refractivity contribution in [3.05, 3.63) is 12.3 Å². The van der Waals surface area contributed by atoms with Crippen LogP contribution in [0.5, 0.6) is 0 Å². The molecule has 4 nitrogen and oxygen atoms in total. The van der Waals surface area contributed by atoms with Gasteiger partial charge in [0.15, 0.2) is 0 Å². The van der Waals surface area contributed by atoms with Crippen LogP contribution in [-0.4, -0.2) is 25.4 Å². The van der Waals surface area contributed by atoms with Gasteiger partial charge < -0.3 is 9.26 Å². The molecule has 0 aliphatic heterocycles. The predicted molar refractivity (Wildman–Crippen MR) is 55.5 cm³/mol. The fourth-order valence-electron chi connectivity index (χ4n) is 0.792. The van der Waals surface area contributed by atoms with Gasteiger partial charge in [0.2, 0.25) is 13.1 Å². The summed E-state index contributed by atoms with van der Waals surface area (Å²) >= 11 is 0. The summed E-state index contributed by atoms with van der Waals surface area (Å²) in [5, 5.41) is 0. The van der Waals surface area contributed by atoms with Crippen LogP contribution in [0.3, 0.4) is 0 Å². The summed E-state index contributed by atoms with van der Waals surface area (Å²) in [4.78, 5) is 10.9. The molecule has 2 unspecified atom stereocenters. The van der Waals surface area contributed by atoms with Gasteiger partial charge in [-0.15, -0.1) is 0 Å². The number of rotatable bonds is 5. The third-order valence-corrected chi connectivity index (χ3v) is 4.65. The minimum atomic E-state index is -2.81. The summed E-state index contributed by atoms with van der Waals surface area (Å²) in [6.45, 7) is 8.57. The van der Waals surface area contributed by atoms with Crippen molar-refractivity contribution in [2.45, 2.75) is 25.9 Å². The Hall–Kier alpha value is -0.760. The van der Waals surface area contributed by atoms with Gasteiger partial charge in [0.1, 0.15) is 0 Å². The van der Waals surface area contributed by atoms with Crippen LogP contribution in [0.25, 0.3) is 0 Å². The van der Waals surface area contributed by atoms with Crippen LogP contribution in [0.2, 0.25) is 0 Å². The Morgan fingerprint density at radius 3 is 2.43 bits per heavy atom. The van der Waals surface area contributed by atoms with E-state index in [2.05, 4.69) is 11.3 Å². The SMILES string of the molecule is C=C(OP(C)(=O)C(C)CC)C(=O)OC. The van der Waals surface area contributed by atoms with E-state index in [0.717, 1.165) is 6.42 Å². The average Bonchev–Trinajstić information content (AvgIpc) is 2.14. The average molecular weight is 220 g/mol. The molecule has 82 valence electrons. The second-order valence-corrected chi connectivity index (χ2v) is 6.05. The van der Waals surface area contributed by atoms with Crippen molar-refractivity contribution < 1.29 is 18.6 Å². The maximum Gasteiger partial charge on any atom is 0.373 e. The molecule has 5 heteroatoms. The Morgan fingerprint density at radius 1 is 1.57 bits per heavy atom. The number of carbonyl (C=O) groups is 1. The van der Waals surface area contributed by atoms with Gasteiger partial charge in [-0.2, -0.15) is 0 Å². The number of methoxy groups -OCH3 is 1. The fraction of sp³-hybridized carbons (Fsp3) is 0.667. The van der Waals surface area contributed by atoms with E-state index >= 15 is 0 Å². The zero-order valence-electron chi connectivity index (χ0n) is 9.07. The first kappa shape index (κ1) is 13.2. The van der Waals surface area contributed by atoms with Crippen molar-refractivity contribution in [1.82, 2.24) is 0 Å². The van der Waals surface area contributed by atoms with E-state index in [-0.39, 0.29) is 11.4 Å². The second kappa shape index (κ2) is 5.20. The molecule has 0 amide bonds. The third-order valence-electron chi connectivity index (χ3n) is 2.10. The monoisotopic (exact) mass is 220 g/mol. The molecule has 0 heterocycles. The molecule has 0 aromatic carbocycles. The first-order valence-corrected chi connectivity index (χ1v) is 6.53. The highest BCUT2D eigenvalue weighted by molar-refractivity contribution is 7.59. The normalized spacial score (nSPS) is 16.6. The van der Waals surface area contributed by atoms with E-state index in [1.165, 1.54) is 13.8 Å². The van der Waals surface area contributed by atoms with Gasteiger partial charge in [-0.25, -0.2) is 4.79 Å². The highest BCUT2D eigenvalue weighted by Gasteiger charge is 2.27. The second-order valence-electron chi connectivity index (χ2n) is 3.17. The van der Waals surface area contributed by atoms with Crippen LogP contribution in [0.1, 0.15) is 20.3 Å². The first-order chi connectivity index (χ1) is 6.35. The van der Waals surface area contributed by atoms with Gasteiger partial charge in [0, 0.05) is 12.3 Å². The van der Waals surface area contributed by atoms with Crippen LogP contribution in [0, 0.1) is 0 Å². The van der Waals surface area contributed by atoms with E-state index in [4.69, 9.17) is 4.52 Å². The Bertz CT molecular complexity index is 272. The van der Waals surface area contributed by atoms with E-state index < -0.39 is 13.3 Å². The Labute approximate surface area is 84.7 Å². The lowest BCUT2D eigenvalue weighted by molar-refractivity contribution is -0.138. The lowest BCUT2D eigenvalue weighted by Gasteiger charge is -2.20. The standard InChI is InChI=1S/C9H17O4P/c1-6-7(2)14(5,11)13-8(3)9(10)12-4/h7H,3,6H2,1-2,4-5H3. The topological polar surface area (TPSA) is 52.6 Å². The summed E-state index contributed by atoms with van der Waals surface area (Å²) in [6, 6.07) is 0. The lowest BCUT2D eigenvalue weighted by atomic mass is 10.4. The van der Waals surface area contributed by atoms with Gasteiger partial charge in [-0.1, -0.05) is 13.8 Å². The molecule has 0 spiro atoms. The van der Waals surface area contributed by atoms with Crippen molar-refractivity contribution in [2.24, 2.45) is 0 Å². The van der Waals surface area contributed by atoms with Gasteiger partial charge in [0.05, 0.1) is 7.11 Å². The van der Waals surface area contributed by atoms with Crippen molar-refractivity contribution in [2.75, 3.05) is 13.8 Å². The molecular formula is C9H17O4P. The maximum absolute atomic E-state index is 11.9. The van der Waals surface area contributed by atoms with Crippen LogP contribution in [0.15, 0.2) is 12.3 Å². The Kier molecular flexibility index (Phi) is 4.92. The maximum atomic E-state index is 11.9. The molecule has 0 bridgehead atoms. The summed E-state index contributed by atoms with van der Waals surface area (Å²) in [7, 11) is -1.58. The lowest BCUT2D eigenvalue weighted by Crippen LogP contribution is -2.10. The Morgan fingerprint density at radius 2 is 2.07 bits per heavy atom. The highest BCUT2D eigenvalue weighted by Crippen LogP contribution is 2.50. The number of hydrogen-bond acceptors (Lipinski definition) is 4. The smallest absolute Gasteiger partial charge is 0.373 e. The zero-order valence-corrected chi connectivity index (χ0v) is 9.97. The highest BCUT2D eigenvalue weighted by atomic mass is 31.2. The van der Waals surface area contributed by atoms with Crippen molar-refractivity contribution >= 4 is 13.3 Å². The number of ether oxygens (including phenoxy) is 1. The molecule has 0 aliphatic rings. The third kappa shape index (κ3) is 3.54. The van der Waals surface area contributed by atoms with E-state index in [1.54, 1.807) is 0 Å². The van der Waals surface area contributed by atoms with E-state index in [1.807, 2.05) is 13.8 Å². The van der Waals surface area contributed by atoms with Crippen molar-refractivity contribution in [1.29, 1.82) is 0 Å². The summed E-state index contributed by atoms with van der Waals surface area (Å²) in [6.07, 6.45) is 0.724. The molecule has 2 atom stereocenters. The van der Waals surface area contributed by atoms with Crippen LogP contribution in [-0.2, 0) is 18.6 Å². The molecular weight excluding hydrogens is 203 g/mol. The zero-order chi connectivity index (χ0) is 11.4. The molecule has 0 N–H and O–H groups in total. The fourth-order valence-corrected chi connectivity index (χ4v) is 2.15. The molecule has 0 aromatic heterocycles. The van der Waals surface area contributed by atoms with Gasteiger partial charge >= 0.3 is 5.97 Å². The number of hydrogen-bond donors (Lipinski definition) is 0. The van der Waals surface area contributed by atoms with Crippen LogP contribution >= 0.6 is 7.37 Å². The van der Waals surface area contributed by atoms with Gasteiger partial charge in [0.25, 0.3) is 0 Å². The van der Waals surface area contributed by atoms with E-state index in [0.29, 0.717) is 0 Å². The molecule has 0 saturated carbocycles. The Balaban J connectivity index is 4.44. The van der Waals surface area contributed by atoms with Crippen LogP contribution in [0.4, 0.5) is 0 Å². The van der Waals surface area contributed by atoms with Crippen molar-refractivity contribution in [3.63, 3.8) is 0 Å². The summed E-state index contributed by atoms with van der Waals surface area (Å²) in [5.41, 5.74) is -0.0936. The first-order valence-electron chi connectivity index (χ1n) is 4.39. The minimum absolute atomic E-state index is 0.0936. The number of carbonyl (C=O) groups excluding carboxylic acids is 1. The van der Waals surface area contributed by atoms with Crippen molar-refractivity contribution in [3.8, 4) is 0 Å². The molecule has 0 rings (SSSR count). The predicted octanol–water partition coefficient (Wildman–Crippen LogP) is 2.40. The summed E-state index contributed by atoms with van der Waals surface area (Å²) < 4.78 is 21.3. The molecule has 14 heavy (non-hydrogen) atoms. The molecule has 0 aliphatic carbocycles. The van der Waals surface area contributed by atoms with Gasteiger partial charge in [-0.3, -0.25) is 4.57 Å². The summed E-state index contributed by atoms with van der Waals surface area (Å²) in [5.74, 6) is -0.881. The largest absolute Gasteiger partial charge is 0.463 e. The minimum Gasteiger partial charge on any atom is -0.463 e. The number of esters is 1. The molecule has 0 radical (unpaired) electrons. The molecule has 0 fully saturated rings. The molecule has 0 saturated heterocycles. The van der Waals surface area contributed by atoms with Crippen LogP contribution < -0.4 is 0 Å². The quantitative estimate of drug-likeness (QED) is 0.309.